The minimum Gasteiger partial charge on any atom is -0.387 e. The third kappa shape index (κ3) is 4.45. The summed E-state index contributed by atoms with van der Waals surface area (Å²) < 4.78 is 13.8. The molecule has 0 aliphatic carbocycles. The highest BCUT2D eigenvalue weighted by atomic mass is 16.6. The van der Waals surface area contributed by atoms with Crippen molar-refractivity contribution in [1.29, 1.82) is 0 Å². The second kappa shape index (κ2) is 9.82. The molecule has 1 saturated heterocycles. The first-order valence-corrected chi connectivity index (χ1v) is 11.9. The van der Waals surface area contributed by atoms with Crippen LogP contribution in [0.2, 0.25) is 0 Å². The molecule has 0 aromatic carbocycles. The summed E-state index contributed by atoms with van der Waals surface area (Å²) in [7, 11) is 1.41. The molecule has 4 atom stereocenters. The van der Waals surface area contributed by atoms with E-state index in [1.807, 2.05) is 13.0 Å². The fraction of sp³-hybridized carbons (Fsp3) is 0.304. The minimum atomic E-state index is -1.46. The number of nitrogens with zero attached hydrogens (tertiary/aromatic N) is 9. The first-order chi connectivity index (χ1) is 18.9. The molecule has 6 rings (SSSR count). The third-order valence-corrected chi connectivity index (χ3v) is 6.16. The number of fused-ring (bicyclic) bond motifs is 1. The zero-order valence-electron chi connectivity index (χ0n) is 20.7. The van der Waals surface area contributed by atoms with E-state index in [9.17, 15) is 15.0 Å². The van der Waals surface area contributed by atoms with Crippen molar-refractivity contribution in [2.45, 2.75) is 38.0 Å². The Morgan fingerprint density at radius 2 is 2.03 bits per heavy atom. The number of rotatable bonds is 7. The van der Waals surface area contributed by atoms with Crippen molar-refractivity contribution in [2.75, 3.05) is 12.4 Å². The van der Waals surface area contributed by atoms with Gasteiger partial charge in [-0.2, -0.15) is 14.6 Å². The van der Waals surface area contributed by atoms with E-state index < -0.39 is 30.4 Å². The van der Waals surface area contributed by atoms with Gasteiger partial charge >= 0.3 is 0 Å². The fourth-order valence-corrected chi connectivity index (χ4v) is 4.23. The van der Waals surface area contributed by atoms with E-state index >= 15 is 0 Å². The lowest BCUT2D eigenvalue weighted by molar-refractivity contribution is -0.137. The van der Waals surface area contributed by atoms with Gasteiger partial charge in [0, 0.05) is 19.3 Å². The maximum Gasteiger partial charge on any atom is 0.256 e. The van der Waals surface area contributed by atoms with Gasteiger partial charge in [0.05, 0.1) is 30.5 Å². The van der Waals surface area contributed by atoms with E-state index in [-0.39, 0.29) is 18.1 Å². The normalized spacial score (nSPS) is 20.9. The SMILES string of the molecule is CNC(=O)[C@H]1O[C@@H](n2cnc3c(NCc4cc(C)no4)nc(-n4cc(-c5ccccn5)nn4)nc32)[C@H](O)[C@@H]1O. The number of anilines is 1. The number of nitrogens with one attached hydrogen (secondary N) is 2. The predicted molar refractivity (Wildman–Crippen MR) is 132 cm³/mol. The molecule has 200 valence electrons. The molecule has 0 bridgehead atoms. The summed E-state index contributed by atoms with van der Waals surface area (Å²) in [4.78, 5) is 30.1. The summed E-state index contributed by atoms with van der Waals surface area (Å²) in [5.74, 6) is 0.460. The molecule has 1 aliphatic heterocycles. The van der Waals surface area contributed by atoms with E-state index in [4.69, 9.17) is 9.26 Å². The number of carbonyl (C=O) groups excluding carboxylic acids is 1. The van der Waals surface area contributed by atoms with Crippen LogP contribution in [0.15, 0.2) is 47.5 Å². The molecular weight excluding hydrogens is 510 g/mol. The van der Waals surface area contributed by atoms with Gasteiger partial charge < -0.3 is 30.1 Å². The zero-order valence-corrected chi connectivity index (χ0v) is 20.7. The Morgan fingerprint density at radius 3 is 2.77 bits per heavy atom. The lowest BCUT2D eigenvalue weighted by atomic mass is 10.1. The van der Waals surface area contributed by atoms with Crippen molar-refractivity contribution in [2.24, 2.45) is 0 Å². The number of likely N-dealkylation sites (N-methyl/N-ethyl adjacent to an activating group) is 1. The van der Waals surface area contributed by atoms with Crippen LogP contribution in [0.5, 0.6) is 0 Å². The highest BCUT2D eigenvalue weighted by molar-refractivity contribution is 5.84. The van der Waals surface area contributed by atoms with Crippen molar-refractivity contribution in [1.82, 2.24) is 50.0 Å². The average Bonchev–Trinajstić information content (AvgIpc) is 3.75. The van der Waals surface area contributed by atoms with Crippen molar-refractivity contribution >= 4 is 22.9 Å². The summed E-state index contributed by atoms with van der Waals surface area (Å²) in [6, 6.07) is 7.21. The number of aryl methyl sites for hydroxylation is 1. The van der Waals surface area contributed by atoms with Crippen LogP contribution >= 0.6 is 0 Å². The Labute approximate surface area is 219 Å². The van der Waals surface area contributed by atoms with Crippen molar-refractivity contribution < 1.29 is 24.3 Å². The maximum absolute atomic E-state index is 12.2. The molecule has 16 nitrogen and oxygen atoms in total. The van der Waals surface area contributed by atoms with Gasteiger partial charge in [-0.15, -0.1) is 5.10 Å². The first kappa shape index (κ1) is 24.5. The van der Waals surface area contributed by atoms with E-state index in [1.54, 1.807) is 30.6 Å². The molecule has 0 saturated carbocycles. The number of amides is 1. The second-order valence-electron chi connectivity index (χ2n) is 8.79. The Morgan fingerprint density at radius 1 is 1.15 bits per heavy atom. The standard InChI is InChI=1S/C23H23N11O5/c1-11-7-12(39-31-11)8-26-19-15-20(33(10-27-15)22-17(36)16(35)18(38-22)21(37)24-2)29-23(28-19)34-9-14(30-32-34)13-5-3-4-6-25-13/h3-7,9-10,16-18,22,35-36H,8H2,1-2H3,(H,24,37)(H,26,28,29)/t16-,17+,18-,22+/m0/s1. The Hall–Kier alpha value is -4.80. The number of aliphatic hydroxyl groups excluding tert-OH is 2. The summed E-state index contributed by atoms with van der Waals surface area (Å²) in [5.41, 5.74) is 2.44. The molecule has 5 aromatic heterocycles. The fourth-order valence-electron chi connectivity index (χ4n) is 4.23. The largest absolute Gasteiger partial charge is 0.387 e. The predicted octanol–water partition coefficient (Wildman–Crippen LogP) is -0.257. The molecule has 1 fully saturated rings. The van der Waals surface area contributed by atoms with Crippen LogP contribution in [0.25, 0.3) is 28.5 Å². The van der Waals surface area contributed by atoms with Gasteiger partial charge in [-0.1, -0.05) is 16.4 Å². The number of hydrogen-bond donors (Lipinski definition) is 4. The van der Waals surface area contributed by atoms with Gasteiger partial charge in [-0.25, -0.2) is 4.98 Å². The summed E-state index contributed by atoms with van der Waals surface area (Å²) in [6.07, 6.45) is -0.663. The van der Waals surface area contributed by atoms with E-state index in [2.05, 4.69) is 46.0 Å². The maximum atomic E-state index is 12.2. The minimum absolute atomic E-state index is 0.131. The lowest BCUT2D eigenvalue weighted by Crippen LogP contribution is -2.41. The number of hydrogen-bond acceptors (Lipinski definition) is 13. The summed E-state index contributed by atoms with van der Waals surface area (Å²) >= 11 is 0. The van der Waals surface area contributed by atoms with Crippen LogP contribution in [-0.2, 0) is 16.1 Å². The Balaban J connectivity index is 1.42. The smallest absolute Gasteiger partial charge is 0.256 e. The number of ether oxygens (including phenoxy) is 1. The highest BCUT2D eigenvalue weighted by Gasteiger charge is 2.47. The first-order valence-electron chi connectivity index (χ1n) is 11.9. The van der Waals surface area contributed by atoms with Crippen LogP contribution in [0.4, 0.5) is 5.82 Å². The summed E-state index contributed by atoms with van der Waals surface area (Å²) in [6.45, 7) is 2.06. The van der Waals surface area contributed by atoms with Gasteiger partial charge in [0.25, 0.3) is 11.9 Å². The van der Waals surface area contributed by atoms with Gasteiger partial charge in [-0.3, -0.25) is 14.3 Å². The molecule has 0 spiro atoms. The molecule has 16 heteroatoms. The van der Waals surface area contributed by atoms with E-state index in [0.29, 0.717) is 28.5 Å². The van der Waals surface area contributed by atoms with Gasteiger partial charge in [0.2, 0.25) is 0 Å². The van der Waals surface area contributed by atoms with Crippen LogP contribution in [0.1, 0.15) is 17.7 Å². The summed E-state index contributed by atoms with van der Waals surface area (Å²) in [5, 5.41) is 39.0. The number of aromatic nitrogens is 9. The molecule has 1 aliphatic rings. The van der Waals surface area contributed by atoms with Crippen LogP contribution in [-0.4, -0.2) is 86.1 Å². The van der Waals surface area contributed by atoms with E-state index in [0.717, 1.165) is 5.69 Å². The number of aliphatic hydroxyl groups is 2. The molecule has 0 unspecified atom stereocenters. The number of carbonyl (C=O) groups is 1. The monoisotopic (exact) mass is 533 g/mol. The van der Waals surface area contributed by atoms with E-state index in [1.165, 1.54) is 22.6 Å². The van der Waals surface area contributed by atoms with Crippen LogP contribution in [0.3, 0.4) is 0 Å². The second-order valence-corrected chi connectivity index (χ2v) is 8.79. The zero-order chi connectivity index (χ0) is 27.1. The van der Waals surface area contributed by atoms with Gasteiger partial charge in [0.1, 0.15) is 17.9 Å². The van der Waals surface area contributed by atoms with Gasteiger partial charge in [-0.05, 0) is 19.1 Å². The third-order valence-electron chi connectivity index (χ3n) is 6.16. The molecule has 39 heavy (non-hydrogen) atoms. The van der Waals surface area contributed by atoms with Crippen LogP contribution < -0.4 is 10.6 Å². The Kier molecular flexibility index (Phi) is 6.18. The van der Waals surface area contributed by atoms with Crippen molar-refractivity contribution in [3.63, 3.8) is 0 Å². The number of pyridine rings is 1. The molecule has 6 heterocycles. The molecule has 5 aromatic rings. The molecule has 0 radical (unpaired) electrons. The average molecular weight is 534 g/mol. The quantitative estimate of drug-likeness (QED) is 0.213. The molecule has 4 N–H and O–H groups in total. The van der Waals surface area contributed by atoms with Crippen molar-refractivity contribution in [3.8, 4) is 17.3 Å². The van der Waals surface area contributed by atoms with Gasteiger partial charge in [0.15, 0.2) is 35.1 Å². The lowest BCUT2D eigenvalue weighted by Gasteiger charge is -2.17. The topological polar surface area (TPSA) is 204 Å². The molecule has 1 amide bonds. The van der Waals surface area contributed by atoms with Crippen LogP contribution in [0, 0.1) is 6.92 Å². The number of imidazole rings is 1. The van der Waals surface area contributed by atoms with Crippen molar-refractivity contribution in [3.05, 3.63) is 54.4 Å². The molecular formula is C23H23N11O5. The highest BCUT2D eigenvalue weighted by Crippen LogP contribution is 2.33. The Bertz CT molecular complexity index is 1630.